The van der Waals surface area contributed by atoms with E-state index in [1.807, 2.05) is 26.0 Å². The van der Waals surface area contributed by atoms with Crippen molar-refractivity contribution < 1.29 is 89.2 Å². The Hall–Kier alpha value is -5.00. The van der Waals surface area contributed by atoms with E-state index in [4.69, 9.17) is 0 Å². The zero-order valence-electron chi connectivity index (χ0n) is 28.9. The van der Waals surface area contributed by atoms with E-state index in [0.717, 1.165) is 59.9 Å². The molecule has 0 saturated carbocycles. The molecule has 0 aliphatic carbocycles. The van der Waals surface area contributed by atoms with E-state index in [1.165, 1.54) is 0 Å². The van der Waals surface area contributed by atoms with Gasteiger partial charge >= 0.3 is 45.3 Å². The first-order valence-corrected chi connectivity index (χ1v) is 17.2. The summed E-state index contributed by atoms with van der Waals surface area (Å²) < 4.78 is 186. The first kappa shape index (κ1) is 49.1. The number of nitrogens with zero attached hydrogens (tertiary/aromatic N) is 4. The van der Waals surface area contributed by atoms with Crippen molar-refractivity contribution in [1.82, 2.24) is 19.9 Å². The summed E-state index contributed by atoms with van der Waals surface area (Å²) in [5.74, 6) is -2.57. The molecule has 0 spiro atoms. The molecule has 4 aromatic heterocycles. The average molecular weight is 1040 g/mol. The summed E-state index contributed by atoms with van der Waals surface area (Å²) in [7, 11) is -10.7. The number of rotatable bonds is 3. The number of aryl methyl sites for hydroxylation is 2. The summed E-state index contributed by atoms with van der Waals surface area (Å²) in [4.78, 5) is 15.3. The van der Waals surface area contributed by atoms with Gasteiger partial charge in [-0.05, 0) is 60.6 Å². The van der Waals surface area contributed by atoms with Crippen LogP contribution in [0.4, 0.5) is 69.1 Å². The molecular formula is C36H22F16IrN4P-3. The van der Waals surface area contributed by atoms with Crippen molar-refractivity contribution in [3.63, 3.8) is 0 Å². The maximum absolute atomic E-state index is 13.3. The first-order valence-electron chi connectivity index (χ1n) is 15.2. The quantitative estimate of drug-likeness (QED) is 0.101. The molecule has 0 unspecified atom stereocenters. The first-order chi connectivity index (χ1) is 26.0. The second kappa shape index (κ2) is 18.3. The maximum Gasteiger partial charge on any atom is 0 e. The van der Waals surface area contributed by atoms with Crippen molar-refractivity contribution in [2.75, 3.05) is 0 Å². The fourth-order valence-electron chi connectivity index (χ4n) is 4.01. The van der Waals surface area contributed by atoms with Gasteiger partial charge in [-0.15, -0.1) is 24.3 Å². The third-order valence-corrected chi connectivity index (χ3v) is 6.49. The molecule has 0 aliphatic heterocycles. The van der Waals surface area contributed by atoms with Gasteiger partial charge in [0.1, 0.15) is 0 Å². The van der Waals surface area contributed by atoms with Crippen LogP contribution < -0.4 is 0 Å². The Bertz CT molecular complexity index is 2130. The molecule has 315 valence electrons. The summed E-state index contributed by atoms with van der Waals surface area (Å²) in [6.07, 6.45) is -4.18. The Balaban J connectivity index is 0.000000278. The largest absolute Gasteiger partial charge is 0 e. The average Bonchev–Trinajstić information content (AvgIpc) is 3.08. The second-order valence-electron chi connectivity index (χ2n) is 11.3. The molecule has 4 nitrogen and oxygen atoms in total. The van der Waals surface area contributed by atoms with Crippen molar-refractivity contribution in [3.8, 4) is 33.9 Å². The van der Waals surface area contributed by atoms with Crippen LogP contribution in [-0.4, -0.2) is 19.9 Å². The molecule has 0 N–H and O–H groups in total. The van der Waals surface area contributed by atoms with Gasteiger partial charge in [0.15, 0.2) is 0 Å². The molecule has 0 fully saturated rings. The zero-order chi connectivity index (χ0) is 43.0. The van der Waals surface area contributed by atoms with Crippen LogP contribution in [0.3, 0.4) is 0 Å². The minimum atomic E-state index is -10.7. The Kier molecular flexibility index (Phi) is 15.5. The standard InChI is InChI=1S/C12H6F6N2.2C12H8F2N.F6P.Ir/c13-11(14,15)7-1-3-19-9(5-7)10-6-8(2-4-20-10)12(16,17)18;2*1-8-2-5-12(15-7-8)10-4-3-9(13)6-11(10)14;1-7(2,3,4,5)6;/h1-6H;2*2-3,5-7H,1H3;;/q;3*-1;. The fraction of sp³-hybridized carbons (Fsp3) is 0.111. The summed E-state index contributed by atoms with van der Waals surface area (Å²) in [6, 6.07) is 18.7. The molecule has 4 heterocycles. The van der Waals surface area contributed by atoms with Crippen LogP contribution in [0, 0.1) is 49.2 Å². The Morgan fingerprint density at radius 2 is 0.810 bits per heavy atom. The van der Waals surface area contributed by atoms with Crippen LogP contribution in [0.15, 0.2) is 97.6 Å². The van der Waals surface area contributed by atoms with Crippen molar-refractivity contribution >= 4 is 7.81 Å². The molecule has 1 radical (unpaired) electrons. The number of pyridine rings is 4. The minimum Gasteiger partial charge on any atom is 0 e. The van der Waals surface area contributed by atoms with Crippen LogP contribution in [0.1, 0.15) is 22.3 Å². The number of hydrogen-bond donors (Lipinski definition) is 0. The molecule has 22 heteroatoms. The van der Waals surface area contributed by atoms with Gasteiger partial charge in [0.05, 0.1) is 22.5 Å². The molecule has 58 heavy (non-hydrogen) atoms. The van der Waals surface area contributed by atoms with Crippen molar-refractivity contribution in [3.05, 3.63) is 155 Å². The van der Waals surface area contributed by atoms with Crippen LogP contribution in [-0.2, 0) is 32.5 Å². The molecule has 0 atom stereocenters. The van der Waals surface area contributed by atoms with E-state index < -0.39 is 54.6 Å². The smallest absolute Gasteiger partial charge is 0 e. The monoisotopic (exact) mass is 1040 g/mol. The molecule has 0 bridgehead atoms. The van der Waals surface area contributed by atoms with Crippen molar-refractivity contribution in [2.24, 2.45) is 0 Å². The van der Waals surface area contributed by atoms with Gasteiger partial charge in [-0.1, -0.05) is 47.5 Å². The summed E-state index contributed by atoms with van der Waals surface area (Å²) in [5, 5.41) is 0. The van der Waals surface area contributed by atoms with Crippen molar-refractivity contribution in [1.29, 1.82) is 0 Å². The van der Waals surface area contributed by atoms with E-state index in [9.17, 15) is 69.1 Å². The fourth-order valence-corrected chi connectivity index (χ4v) is 4.01. The normalized spacial score (nSPS) is 12.4. The number of hydrogen-bond acceptors (Lipinski definition) is 4. The molecule has 2 aromatic carbocycles. The van der Waals surface area contributed by atoms with E-state index in [2.05, 4.69) is 32.1 Å². The van der Waals surface area contributed by atoms with Gasteiger partial charge in [0, 0.05) is 68.2 Å². The molecule has 0 amide bonds. The summed E-state index contributed by atoms with van der Waals surface area (Å²) in [6.45, 7) is 3.78. The van der Waals surface area contributed by atoms with Gasteiger partial charge < -0.3 is 9.97 Å². The molecular weight excluding hydrogens is 1020 g/mol. The van der Waals surface area contributed by atoms with Crippen LogP contribution in [0.5, 0.6) is 0 Å². The number of benzene rings is 2. The van der Waals surface area contributed by atoms with Crippen LogP contribution >= 0.6 is 7.81 Å². The number of halogens is 16. The third-order valence-electron chi connectivity index (χ3n) is 6.49. The Morgan fingerprint density at radius 3 is 1.07 bits per heavy atom. The number of alkyl halides is 6. The van der Waals surface area contributed by atoms with Gasteiger partial charge in [-0.3, -0.25) is 27.5 Å². The number of aromatic nitrogens is 4. The van der Waals surface area contributed by atoms with E-state index in [1.54, 1.807) is 24.5 Å². The maximum atomic E-state index is 13.3. The topological polar surface area (TPSA) is 51.6 Å². The SMILES string of the molecule is Cc1ccc(-c2[c-]cc(F)cc2F)nc1.Cc1ccc(-c2[c-]cc(F)cc2F)nc1.FC(F)(F)c1ccnc(-c2cc(C(F)(F)F)ccn2)c1.F[P-](F)(F)(F)(F)F.[Ir]. The Morgan fingerprint density at radius 1 is 0.483 bits per heavy atom. The third kappa shape index (κ3) is 17.6. The summed E-state index contributed by atoms with van der Waals surface area (Å²) in [5.41, 5.74) is 0.729. The van der Waals surface area contributed by atoms with Gasteiger partial charge in [-0.25, -0.2) is 0 Å². The molecule has 6 aromatic rings. The zero-order valence-corrected chi connectivity index (χ0v) is 32.1. The van der Waals surface area contributed by atoms with Crippen LogP contribution in [0.2, 0.25) is 0 Å². The molecule has 0 aliphatic rings. The van der Waals surface area contributed by atoms with Gasteiger partial charge in [-0.2, -0.15) is 26.3 Å². The molecule has 6 rings (SSSR count). The van der Waals surface area contributed by atoms with Crippen LogP contribution in [0.25, 0.3) is 33.9 Å². The van der Waals surface area contributed by atoms with Gasteiger partial charge in [0.2, 0.25) is 0 Å². The Labute approximate surface area is 331 Å². The van der Waals surface area contributed by atoms with E-state index in [0.29, 0.717) is 23.5 Å². The minimum absolute atomic E-state index is 0. The van der Waals surface area contributed by atoms with Gasteiger partial charge in [0.25, 0.3) is 0 Å². The van der Waals surface area contributed by atoms with E-state index >= 15 is 0 Å². The predicted molar refractivity (Wildman–Crippen MR) is 177 cm³/mol. The van der Waals surface area contributed by atoms with Crippen molar-refractivity contribution in [2.45, 2.75) is 26.2 Å². The summed E-state index contributed by atoms with van der Waals surface area (Å²) >= 11 is 0. The second-order valence-corrected chi connectivity index (χ2v) is 13.3. The predicted octanol–water partition coefficient (Wildman–Crippen LogP) is 13.8. The molecule has 0 saturated heterocycles. The van der Waals surface area contributed by atoms with E-state index in [-0.39, 0.29) is 42.6 Å².